The van der Waals surface area contributed by atoms with Crippen molar-refractivity contribution in [2.75, 3.05) is 20.8 Å². The monoisotopic (exact) mass is 286 g/mol. The summed E-state index contributed by atoms with van der Waals surface area (Å²) in [5.74, 6) is 1.61. The first-order valence-corrected chi connectivity index (χ1v) is 6.69. The van der Waals surface area contributed by atoms with E-state index in [-0.39, 0.29) is 5.78 Å². The molecule has 0 saturated heterocycles. The Hall–Kier alpha value is -2.49. The van der Waals surface area contributed by atoms with Crippen LogP contribution in [0.3, 0.4) is 0 Å². The summed E-state index contributed by atoms with van der Waals surface area (Å²) in [5.41, 5.74) is 1.05. The number of carbonyl (C=O) groups is 1. The van der Waals surface area contributed by atoms with Crippen molar-refractivity contribution in [1.82, 2.24) is 0 Å². The molecule has 4 heteroatoms. The topological polar surface area (TPSA) is 44.8 Å². The van der Waals surface area contributed by atoms with Crippen LogP contribution in [0.1, 0.15) is 22.8 Å². The lowest BCUT2D eigenvalue weighted by atomic mass is 10.0. The maximum atomic E-state index is 12.6. The fraction of sp³-hybridized carbons (Fsp3) is 0.235. The van der Waals surface area contributed by atoms with Crippen molar-refractivity contribution in [3.8, 4) is 17.2 Å². The van der Waals surface area contributed by atoms with Gasteiger partial charge in [0, 0.05) is 5.56 Å². The van der Waals surface area contributed by atoms with Crippen LogP contribution in [-0.4, -0.2) is 26.6 Å². The standard InChI is InChI=1S/C17H18O4/c1-4-21-13-10-8-12(9-11-13)16(18)14-6-5-7-15(19-2)17(14)20-3/h5-11H,4H2,1-3H3. The van der Waals surface area contributed by atoms with E-state index in [9.17, 15) is 4.79 Å². The molecule has 0 amide bonds. The molecule has 0 aromatic heterocycles. The van der Waals surface area contributed by atoms with E-state index in [0.29, 0.717) is 29.2 Å². The van der Waals surface area contributed by atoms with Crippen molar-refractivity contribution < 1.29 is 19.0 Å². The first-order valence-electron chi connectivity index (χ1n) is 6.69. The number of ether oxygens (including phenoxy) is 3. The molecule has 0 N–H and O–H groups in total. The minimum atomic E-state index is -0.117. The van der Waals surface area contributed by atoms with Gasteiger partial charge in [-0.3, -0.25) is 4.79 Å². The van der Waals surface area contributed by atoms with Crippen LogP contribution in [0.25, 0.3) is 0 Å². The second-order valence-electron chi connectivity index (χ2n) is 4.33. The van der Waals surface area contributed by atoms with Crippen LogP contribution in [0.5, 0.6) is 17.2 Å². The summed E-state index contributed by atoms with van der Waals surface area (Å²) < 4.78 is 15.9. The summed E-state index contributed by atoms with van der Waals surface area (Å²) >= 11 is 0. The molecule has 0 radical (unpaired) electrons. The van der Waals surface area contributed by atoms with Crippen molar-refractivity contribution in [3.63, 3.8) is 0 Å². The van der Waals surface area contributed by atoms with Crippen LogP contribution in [0, 0.1) is 0 Å². The lowest BCUT2D eigenvalue weighted by Crippen LogP contribution is -2.05. The van der Waals surface area contributed by atoms with Crippen LogP contribution >= 0.6 is 0 Å². The number of ketones is 1. The summed E-state index contributed by atoms with van der Waals surface area (Å²) in [5, 5.41) is 0. The minimum absolute atomic E-state index is 0.117. The number of para-hydroxylation sites is 1. The molecule has 2 rings (SSSR count). The van der Waals surface area contributed by atoms with E-state index in [4.69, 9.17) is 14.2 Å². The highest BCUT2D eigenvalue weighted by Gasteiger charge is 2.17. The molecule has 0 saturated carbocycles. The zero-order valence-corrected chi connectivity index (χ0v) is 12.4. The predicted octanol–water partition coefficient (Wildman–Crippen LogP) is 3.33. The molecular formula is C17H18O4. The fourth-order valence-electron chi connectivity index (χ4n) is 2.09. The second kappa shape index (κ2) is 6.79. The van der Waals surface area contributed by atoms with Crippen LogP contribution < -0.4 is 14.2 Å². The van der Waals surface area contributed by atoms with E-state index >= 15 is 0 Å². The molecular weight excluding hydrogens is 268 g/mol. The van der Waals surface area contributed by atoms with Crippen LogP contribution in [0.2, 0.25) is 0 Å². The van der Waals surface area contributed by atoms with E-state index in [1.165, 1.54) is 7.11 Å². The van der Waals surface area contributed by atoms with Crippen LogP contribution in [-0.2, 0) is 0 Å². The van der Waals surface area contributed by atoms with Gasteiger partial charge in [-0.1, -0.05) is 6.07 Å². The third kappa shape index (κ3) is 3.16. The normalized spacial score (nSPS) is 10.0. The highest BCUT2D eigenvalue weighted by atomic mass is 16.5. The largest absolute Gasteiger partial charge is 0.494 e. The number of rotatable bonds is 6. The minimum Gasteiger partial charge on any atom is -0.494 e. The van der Waals surface area contributed by atoms with Crippen molar-refractivity contribution >= 4 is 5.78 Å². The van der Waals surface area contributed by atoms with E-state index in [0.717, 1.165) is 5.75 Å². The molecule has 0 spiro atoms. The number of hydrogen-bond acceptors (Lipinski definition) is 4. The third-order valence-electron chi connectivity index (χ3n) is 3.08. The summed E-state index contributed by atoms with van der Waals surface area (Å²) in [6.07, 6.45) is 0. The first kappa shape index (κ1) is 14.9. The summed E-state index contributed by atoms with van der Waals surface area (Å²) in [6, 6.07) is 12.3. The summed E-state index contributed by atoms with van der Waals surface area (Å²) in [7, 11) is 3.07. The van der Waals surface area contributed by atoms with E-state index in [1.807, 2.05) is 6.92 Å². The highest BCUT2D eigenvalue weighted by molar-refractivity contribution is 6.11. The zero-order valence-electron chi connectivity index (χ0n) is 12.4. The zero-order chi connectivity index (χ0) is 15.2. The fourth-order valence-corrected chi connectivity index (χ4v) is 2.09. The maximum absolute atomic E-state index is 12.6. The Kier molecular flexibility index (Phi) is 4.82. The average molecular weight is 286 g/mol. The number of carbonyl (C=O) groups excluding carboxylic acids is 1. The van der Waals surface area contributed by atoms with Crippen molar-refractivity contribution in [3.05, 3.63) is 53.6 Å². The molecule has 0 bridgehead atoms. The van der Waals surface area contributed by atoms with Gasteiger partial charge < -0.3 is 14.2 Å². The lowest BCUT2D eigenvalue weighted by Gasteiger charge is -2.12. The Labute approximate surface area is 124 Å². The molecule has 110 valence electrons. The Morgan fingerprint density at radius 3 is 2.29 bits per heavy atom. The van der Waals surface area contributed by atoms with Gasteiger partial charge in [0.2, 0.25) is 0 Å². The van der Waals surface area contributed by atoms with E-state index in [2.05, 4.69) is 0 Å². The second-order valence-corrected chi connectivity index (χ2v) is 4.33. The highest BCUT2D eigenvalue weighted by Crippen LogP contribution is 2.32. The SMILES string of the molecule is CCOc1ccc(C(=O)c2cccc(OC)c2OC)cc1. The third-order valence-corrected chi connectivity index (χ3v) is 3.08. The number of hydrogen-bond donors (Lipinski definition) is 0. The smallest absolute Gasteiger partial charge is 0.196 e. The van der Waals surface area contributed by atoms with Gasteiger partial charge in [0.05, 0.1) is 26.4 Å². The number of benzene rings is 2. The van der Waals surface area contributed by atoms with Gasteiger partial charge in [-0.05, 0) is 43.3 Å². The Morgan fingerprint density at radius 2 is 1.71 bits per heavy atom. The van der Waals surface area contributed by atoms with Gasteiger partial charge >= 0.3 is 0 Å². The molecule has 21 heavy (non-hydrogen) atoms. The molecule has 0 aliphatic carbocycles. The average Bonchev–Trinajstić information content (AvgIpc) is 2.54. The lowest BCUT2D eigenvalue weighted by molar-refractivity contribution is 0.103. The van der Waals surface area contributed by atoms with Gasteiger partial charge in [0.1, 0.15) is 5.75 Å². The van der Waals surface area contributed by atoms with Gasteiger partial charge in [-0.2, -0.15) is 0 Å². The molecule has 0 atom stereocenters. The molecule has 0 aliphatic rings. The van der Waals surface area contributed by atoms with Crippen molar-refractivity contribution in [2.45, 2.75) is 6.92 Å². The number of methoxy groups -OCH3 is 2. The Morgan fingerprint density at radius 1 is 1.00 bits per heavy atom. The molecule has 0 heterocycles. The van der Waals surface area contributed by atoms with E-state index < -0.39 is 0 Å². The van der Waals surface area contributed by atoms with Crippen LogP contribution in [0.15, 0.2) is 42.5 Å². The predicted molar refractivity (Wildman–Crippen MR) is 80.6 cm³/mol. The summed E-state index contributed by atoms with van der Waals surface area (Å²) in [6.45, 7) is 2.51. The molecule has 2 aromatic carbocycles. The van der Waals surface area contributed by atoms with Gasteiger partial charge in [-0.15, -0.1) is 0 Å². The quantitative estimate of drug-likeness (QED) is 0.764. The molecule has 0 fully saturated rings. The van der Waals surface area contributed by atoms with Gasteiger partial charge in [0.25, 0.3) is 0 Å². The molecule has 0 aliphatic heterocycles. The van der Waals surface area contributed by atoms with Gasteiger partial charge in [-0.25, -0.2) is 0 Å². The summed E-state index contributed by atoms with van der Waals surface area (Å²) in [4.78, 5) is 12.6. The molecule has 4 nitrogen and oxygen atoms in total. The Bertz CT molecular complexity index is 617. The van der Waals surface area contributed by atoms with E-state index in [1.54, 1.807) is 49.6 Å². The molecule has 0 unspecified atom stereocenters. The van der Waals surface area contributed by atoms with Crippen molar-refractivity contribution in [1.29, 1.82) is 0 Å². The Balaban J connectivity index is 2.35. The first-order chi connectivity index (χ1) is 10.2. The van der Waals surface area contributed by atoms with Crippen LogP contribution in [0.4, 0.5) is 0 Å². The maximum Gasteiger partial charge on any atom is 0.196 e. The molecule has 2 aromatic rings. The van der Waals surface area contributed by atoms with Gasteiger partial charge in [0.15, 0.2) is 17.3 Å². The van der Waals surface area contributed by atoms with Crippen molar-refractivity contribution in [2.24, 2.45) is 0 Å².